The van der Waals surface area contributed by atoms with Crippen LogP contribution in [0.4, 0.5) is 0 Å². The van der Waals surface area contributed by atoms with Crippen molar-refractivity contribution in [2.75, 3.05) is 6.54 Å². The molecule has 34 heavy (non-hydrogen) atoms. The first kappa shape index (κ1) is 23.1. The van der Waals surface area contributed by atoms with Gasteiger partial charge in [-0.25, -0.2) is 13.1 Å². The van der Waals surface area contributed by atoms with Crippen LogP contribution >= 0.6 is 0 Å². The fraction of sp³-hybridized carbons (Fsp3) is 0.444. The van der Waals surface area contributed by atoms with E-state index < -0.39 is 10.0 Å². The van der Waals surface area contributed by atoms with Crippen LogP contribution in [0.25, 0.3) is 22.2 Å². The molecule has 1 aliphatic carbocycles. The van der Waals surface area contributed by atoms with Crippen molar-refractivity contribution in [3.05, 3.63) is 54.1 Å². The molecule has 1 saturated carbocycles. The predicted molar refractivity (Wildman–Crippen MR) is 135 cm³/mol. The van der Waals surface area contributed by atoms with Crippen LogP contribution in [-0.2, 0) is 14.8 Å². The number of carbonyl (C=O) groups is 1. The predicted octanol–water partition coefficient (Wildman–Crippen LogP) is 4.99. The summed E-state index contributed by atoms with van der Waals surface area (Å²) in [6.07, 6.45) is 5.04. The second-order valence-electron chi connectivity index (χ2n) is 9.94. The number of aromatic amines is 1. The van der Waals surface area contributed by atoms with Crippen LogP contribution in [0.2, 0.25) is 0 Å². The molecule has 180 valence electrons. The molecule has 6 nitrogen and oxygen atoms in total. The molecule has 7 heteroatoms. The van der Waals surface area contributed by atoms with E-state index in [-0.39, 0.29) is 22.8 Å². The van der Waals surface area contributed by atoms with Crippen molar-refractivity contribution in [1.29, 1.82) is 0 Å². The Bertz CT molecular complexity index is 1310. The number of aromatic nitrogens is 1. The van der Waals surface area contributed by atoms with Crippen LogP contribution in [0.5, 0.6) is 0 Å². The summed E-state index contributed by atoms with van der Waals surface area (Å²) in [5.74, 6) is 0.282. The van der Waals surface area contributed by atoms with Crippen molar-refractivity contribution in [3.8, 4) is 11.3 Å². The molecule has 2 aliphatic rings. The van der Waals surface area contributed by atoms with E-state index in [1.165, 1.54) is 0 Å². The first-order valence-corrected chi connectivity index (χ1v) is 13.8. The maximum absolute atomic E-state index is 13.1. The molecule has 2 N–H and O–H groups in total. The number of benzene rings is 2. The number of H-pyrrole nitrogens is 1. The Morgan fingerprint density at radius 3 is 2.50 bits per heavy atom. The third kappa shape index (κ3) is 4.51. The van der Waals surface area contributed by atoms with Gasteiger partial charge in [-0.3, -0.25) is 4.79 Å². The lowest BCUT2D eigenvalue weighted by Crippen LogP contribution is -2.43. The number of hydrogen-bond donors (Lipinski definition) is 2. The van der Waals surface area contributed by atoms with E-state index in [0.29, 0.717) is 18.9 Å². The molecule has 2 heterocycles. The van der Waals surface area contributed by atoms with Crippen molar-refractivity contribution in [1.82, 2.24) is 14.6 Å². The van der Waals surface area contributed by atoms with E-state index in [4.69, 9.17) is 0 Å². The van der Waals surface area contributed by atoms with Gasteiger partial charge >= 0.3 is 0 Å². The number of likely N-dealkylation sites (tertiary alicyclic amines) is 1. The molecule has 5 rings (SSSR count). The second-order valence-corrected chi connectivity index (χ2v) is 11.7. The summed E-state index contributed by atoms with van der Waals surface area (Å²) >= 11 is 0. The zero-order chi connectivity index (χ0) is 23.9. The molecule has 0 radical (unpaired) electrons. The standard InChI is InChI=1S/C27H33N3O3S/c1-18-6-3-4-8-24(18)26-16-21-11-14-23(17-25(21)28-26)34(32,33)29-22-12-9-20(10-13-22)27(31)30-15-5-7-19(30)2/h3-4,6,8,11,14,16-17,19-20,22,28-29H,5,7,9-10,12-13,15H2,1-2H3. The Labute approximate surface area is 201 Å². The number of aryl methyl sites for hydroxylation is 1. The third-order valence-corrected chi connectivity index (χ3v) is 9.09. The Balaban J connectivity index is 1.26. The minimum Gasteiger partial charge on any atom is -0.354 e. The summed E-state index contributed by atoms with van der Waals surface area (Å²) in [5, 5.41) is 0.979. The molecule has 1 saturated heterocycles. The Morgan fingerprint density at radius 2 is 1.79 bits per heavy atom. The summed E-state index contributed by atoms with van der Waals surface area (Å²) in [5.41, 5.74) is 4.05. The van der Waals surface area contributed by atoms with E-state index >= 15 is 0 Å². The van der Waals surface area contributed by atoms with E-state index in [2.05, 4.69) is 41.8 Å². The van der Waals surface area contributed by atoms with Crippen LogP contribution in [0, 0.1) is 12.8 Å². The molecule has 2 fully saturated rings. The van der Waals surface area contributed by atoms with E-state index in [0.717, 1.165) is 60.0 Å². The Kier molecular flexibility index (Phi) is 6.25. The minimum atomic E-state index is -3.64. The average Bonchev–Trinajstić information content (AvgIpc) is 3.44. The van der Waals surface area contributed by atoms with Crippen LogP contribution in [0.1, 0.15) is 51.0 Å². The van der Waals surface area contributed by atoms with E-state index in [9.17, 15) is 13.2 Å². The van der Waals surface area contributed by atoms with Gasteiger partial charge in [-0.1, -0.05) is 30.3 Å². The minimum absolute atomic E-state index is 0.0245. The number of carbonyl (C=O) groups excluding carboxylic acids is 1. The molecule has 2 aromatic carbocycles. The van der Waals surface area contributed by atoms with Gasteiger partial charge in [-0.2, -0.15) is 0 Å². The summed E-state index contributed by atoms with van der Waals surface area (Å²) in [7, 11) is -3.64. The van der Waals surface area contributed by atoms with Crippen LogP contribution < -0.4 is 4.72 Å². The monoisotopic (exact) mass is 479 g/mol. The van der Waals surface area contributed by atoms with Crippen molar-refractivity contribution < 1.29 is 13.2 Å². The van der Waals surface area contributed by atoms with Gasteiger partial charge in [0.25, 0.3) is 0 Å². The molecular formula is C27H33N3O3S. The summed E-state index contributed by atoms with van der Waals surface area (Å²) in [4.78, 5) is 18.5. The molecule has 1 aliphatic heterocycles. The quantitative estimate of drug-likeness (QED) is 0.541. The van der Waals surface area contributed by atoms with Crippen molar-refractivity contribution >= 4 is 26.8 Å². The second kappa shape index (κ2) is 9.19. The zero-order valence-electron chi connectivity index (χ0n) is 19.9. The molecule has 1 atom stereocenters. The average molecular weight is 480 g/mol. The normalized spacial score (nSPS) is 23.5. The highest BCUT2D eigenvalue weighted by molar-refractivity contribution is 7.89. The molecule has 1 unspecified atom stereocenters. The van der Waals surface area contributed by atoms with Crippen molar-refractivity contribution in [2.45, 2.75) is 69.4 Å². The highest BCUT2D eigenvalue weighted by atomic mass is 32.2. The van der Waals surface area contributed by atoms with Gasteiger partial charge in [0.1, 0.15) is 0 Å². The first-order valence-electron chi connectivity index (χ1n) is 12.3. The zero-order valence-corrected chi connectivity index (χ0v) is 20.7. The van der Waals surface area contributed by atoms with Crippen LogP contribution in [-0.4, -0.2) is 42.8 Å². The number of sulfonamides is 1. The largest absolute Gasteiger partial charge is 0.354 e. The number of rotatable bonds is 5. The Morgan fingerprint density at radius 1 is 1.03 bits per heavy atom. The maximum atomic E-state index is 13.1. The van der Waals surface area contributed by atoms with Gasteiger partial charge in [-0.05, 0) is 76.1 Å². The number of hydrogen-bond acceptors (Lipinski definition) is 3. The molecule has 3 aromatic rings. The first-order chi connectivity index (χ1) is 16.3. The highest BCUT2D eigenvalue weighted by Gasteiger charge is 2.34. The van der Waals surface area contributed by atoms with Gasteiger partial charge < -0.3 is 9.88 Å². The van der Waals surface area contributed by atoms with Gasteiger partial charge in [0.05, 0.1) is 4.90 Å². The summed E-state index contributed by atoms with van der Waals surface area (Å²) in [6, 6.07) is 15.6. The topological polar surface area (TPSA) is 82.3 Å². The number of nitrogens with one attached hydrogen (secondary N) is 2. The molecule has 0 bridgehead atoms. The molecular weight excluding hydrogens is 446 g/mol. The lowest BCUT2D eigenvalue weighted by atomic mass is 9.85. The molecule has 1 aromatic heterocycles. The molecule has 1 amide bonds. The summed E-state index contributed by atoms with van der Waals surface area (Å²) in [6.45, 7) is 5.05. The lowest BCUT2D eigenvalue weighted by Gasteiger charge is -2.32. The van der Waals surface area contributed by atoms with Crippen molar-refractivity contribution in [2.24, 2.45) is 5.92 Å². The maximum Gasteiger partial charge on any atom is 0.240 e. The number of fused-ring (bicyclic) bond motifs is 1. The van der Waals surface area contributed by atoms with Gasteiger partial charge in [-0.15, -0.1) is 0 Å². The lowest BCUT2D eigenvalue weighted by molar-refractivity contribution is -0.137. The smallest absolute Gasteiger partial charge is 0.240 e. The third-order valence-electron chi connectivity index (χ3n) is 7.57. The summed E-state index contributed by atoms with van der Waals surface area (Å²) < 4.78 is 29.2. The number of nitrogens with zero attached hydrogens (tertiary/aromatic N) is 1. The number of amides is 1. The SMILES string of the molecule is Cc1ccccc1-c1cc2ccc(S(=O)(=O)NC3CCC(C(=O)N4CCCC4C)CC3)cc2[nH]1. The van der Waals surface area contributed by atoms with E-state index in [1.54, 1.807) is 12.1 Å². The van der Waals surface area contributed by atoms with Crippen molar-refractivity contribution in [3.63, 3.8) is 0 Å². The fourth-order valence-electron chi connectivity index (χ4n) is 5.53. The van der Waals surface area contributed by atoms with Crippen LogP contribution in [0.3, 0.4) is 0 Å². The highest BCUT2D eigenvalue weighted by Crippen LogP contribution is 2.31. The van der Waals surface area contributed by atoms with Gasteiger partial charge in [0.2, 0.25) is 15.9 Å². The van der Waals surface area contributed by atoms with Crippen LogP contribution in [0.15, 0.2) is 53.4 Å². The molecule has 0 spiro atoms. The fourth-order valence-corrected chi connectivity index (χ4v) is 6.87. The Hall–Kier alpha value is -2.64. The van der Waals surface area contributed by atoms with Gasteiger partial charge in [0, 0.05) is 46.7 Å². The van der Waals surface area contributed by atoms with E-state index in [1.807, 2.05) is 23.1 Å². The van der Waals surface area contributed by atoms with Gasteiger partial charge in [0.15, 0.2) is 0 Å².